The third kappa shape index (κ3) is 4.90. The molecule has 0 spiro atoms. The summed E-state index contributed by atoms with van der Waals surface area (Å²) < 4.78 is 26.6. The van der Waals surface area contributed by atoms with Crippen LogP contribution in [0.25, 0.3) is 0 Å². The second-order valence-corrected chi connectivity index (χ2v) is 7.76. The number of rotatable bonds is 4. The van der Waals surface area contributed by atoms with Gasteiger partial charge in [-0.1, -0.05) is 37.5 Å². The van der Waals surface area contributed by atoms with E-state index in [-0.39, 0.29) is 22.8 Å². The number of nitrogens with two attached hydrogens (primary N) is 1. The van der Waals surface area contributed by atoms with Crippen LogP contribution in [0.1, 0.15) is 26.3 Å². The summed E-state index contributed by atoms with van der Waals surface area (Å²) in [4.78, 5) is 0. The predicted octanol–water partition coefficient (Wildman–Crippen LogP) is 2.22. The molecule has 1 rings (SSSR count). The topological polar surface area (TPSA) is 105 Å². The van der Waals surface area contributed by atoms with Gasteiger partial charge < -0.3 is 10.9 Å². The Labute approximate surface area is 123 Å². The first-order valence-corrected chi connectivity index (χ1v) is 7.85. The minimum atomic E-state index is -3.57. The molecule has 0 amide bonds. The van der Waals surface area contributed by atoms with Crippen molar-refractivity contribution < 1.29 is 13.6 Å². The minimum absolute atomic E-state index is 0.0673. The van der Waals surface area contributed by atoms with Crippen LogP contribution in [0.4, 0.5) is 5.69 Å². The number of nitrogens with one attached hydrogen (secondary N) is 1. The molecule has 4 N–H and O–H groups in total. The molecule has 0 saturated heterocycles. The van der Waals surface area contributed by atoms with E-state index in [0.717, 1.165) is 0 Å². The minimum Gasteiger partial charge on any atom is -0.409 e. The van der Waals surface area contributed by atoms with Crippen molar-refractivity contribution in [3.63, 3.8) is 0 Å². The van der Waals surface area contributed by atoms with Gasteiger partial charge in [-0.2, -0.15) is 0 Å². The maximum absolute atomic E-state index is 12.1. The Kier molecular flexibility index (Phi) is 4.88. The van der Waals surface area contributed by atoms with E-state index in [1.807, 2.05) is 20.8 Å². The van der Waals surface area contributed by atoms with Crippen LogP contribution in [-0.4, -0.2) is 25.2 Å². The molecule has 0 heterocycles. The lowest BCUT2D eigenvalue weighted by molar-refractivity contribution is 0.318. The Morgan fingerprint density at radius 3 is 2.55 bits per heavy atom. The molecule has 0 fully saturated rings. The fraction of sp³-hybridized carbons (Fsp3) is 0.417. The molecular formula is C12H18ClN3O3S. The van der Waals surface area contributed by atoms with Gasteiger partial charge in [0, 0.05) is 10.6 Å². The standard InChI is InChI=1S/C12H18ClN3O3S/c1-12(2,3)7-20(18,19)16-10-6-8(13)4-5-9(10)11(14)15-17/h4-6,16-17H,7H2,1-3H3,(H2,14,15). The number of sulfonamides is 1. The van der Waals surface area contributed by atoms with E-state index in [0.29, 0.717) is 5.02 Å². The van der Waals surface area contributed by atoms with Gasteiger partial charge in [-0.25, -0.2) is 8.42 Å². The number of anilines is 1. The smallest absolute Gasteiger partial charge is 0.233 e. The number of amidine groups is 1. The highest BCUT2D eigenvalue weighted by Crippen LogP contribution is 2.24. The van der Waals surface area contributed by atoms with Crippen molar-refractivity contribution in [3.8, 4) is 0 Å². The number of halogens is 1. The average Bonchev–Trinajstić information content (AvgIpc) is 2.24. The molecule has 6 nitrogen and oxygen atoms in total. The molecule has 20 heavy (non-hydrogen) atoms. The molecule has 0 saturated carbocycles. The lowest BCUT2D eigenvalue weighted by Crippen LogP contribution is -2.27. The highest BCUT2D eigenvalue weighted by Gasteiger charge is 2.23. The highest BCUT2D eigenvalue weighted by molar-refractivity contribution is 7.92. The molecule has 112 valence electrons. The van der Waals surface area contributed by atoms with Gasteiger partial charge in [0.1, 0.15) is 0 Å². The first-order chi connectivity index (χ1) is 9.04. The maximum atomic E-state index is 12.1. The highest BCUT2D eigenvalue weighted by atomic mass is 35.5. The Morgan fingerprint density at radius 1 is 1.45 bits per heavy atom. The van der Waals surface area contributed by atoms with E-state index in [2.05, 4.69) is 9.88 Å². The van der Waals surface area contributed by atoms with E-state index in [1.165, 1.54) is 18.2 Å². The monoisotopic (exact) mass is 319 g/mol. The van der Waals surface area contributed by atoms with Crippen LogP contribution >= 0.6 is 11.6 Å². The number of hydrogen-bond acceptors (Lipinski definition) is 4. The zero-order chi connectivity index (χ0) is 15.6. The Hall–Kier alpha value is -1.47. The van der Waals surface area contributed by atoms with Crippen molar-refractivity contribution in [1.82, 2.24) is 0 Å². The second kappa shape index (κ2) is 5.88. The van der Waals surface area contributed by atoms with Crippen molar-refractivity contribution in [2.45, 2.75) is 20.8 Å². The van der Waals surface area contributed by atoms with Crippen LogP contribution < -0.4 is 10.5 Å². The number of nitrogens with zero attached hydrogens (tertiary/aromatic N) is 1. The lowest BCUT2D eigenvalue weighted by Gasteiger charge is -2.19. The summed E-state index contributed by atoms with van der Waals surface area (Å²) in [6, 6.07) is 4.41. The quantitative estimate of drug-likeness (QED) is 0.342. The summed E-state index contributed by atoms with van der Waals surface area (Å²) in [5, 5.41) is 11.9. The van der Waals surface area contributed by atoms with Crippen LogP contribution in [-0.2, 0) is 10.0 Å². The normalized spacial score (nSPS) is 13.3. The zero-order valence-electron chi connectivity index (χ0n) is 11.5. The number of hydrogen-bond donors (Lipinski definition) is 3. The molecule has 0 radical (unpaired) electrons. The molecule has 0 unspecified atom stereocenters. The van der Waals surface area contributed by atoms with Gasteiger partial charge in [-0.3, -0.25) is 4.72 Å². The third-order valence-electron chi connectivity index (χ3n) is 2.25. The van der Waals surface area contributed by atoms with Gasteiger partial charge in [0.05, 0.1) is 11.4 Å². The van der Waals surface area contributed by atoms with Gasteiger partial charge in [0.2, 0.25) is 10.0 Å². The van der Waals surface area contributed by atoms with Gasteiger partial charge in [-0.15, -0.1) is 0 Å². The molecule has 0 bridgehead atoms. The molecule has 8 heteroatoms. The molecule has 0 atom stereocenters. The Bertz CT molecular complexity index is 621. The molecule has 0 aliphatic heterocycles. The van der Waals surface area contributed by atoms with Crippen LogP contribution in [0, 0.1) is 5.41 Å². The van der Waals surface area contributed by atoms with Crippen LogP contribution in [0.15, 0.2) is 23.4 Å². The van der Waals surface area contributed by atoms with E-state index in [1.54, 1.807) is 0 Å². The van der Waals surface area contributed by atoms with Crippen LogP contribution in [0.2, 0.25) is 5.02 Å². The number of oxime groups is 1. The van der Waals surface area contributed by atoms with Crippen molar-refractivity contribution in [1.29, 1.82) is 0 Å². The van der Waals surface area contributed by atoms with Gasteiger partial charge in [-0.05, 0) is 23.6 Å². The van der Waals surface area contributed by atoms with Crippen LogP contribution in [0.5, 0.6) is 0 Å². The van der Waals surface area contributed by atoms with Crippen molar-refractivity contribution in [2.24, 2.45) is 16.3 Å². The fourth-order valence-corrected chi connectivity index (χ4v) is 3.54. The first-order valence-electron chi connectivity index (χ1n) is 5.82. The van der Waals surface area contributed by atoms with Crippen molar-refractivity contribution >= 4 is 33.1 Å². The largest absolute Gasteiger partial charge is 0.409 e. The summed E-state index contributed by atoms with van der Waals surface area (Å²) >= 11 is 5.85. The maximum Gasteiger partial charge on any atom is 0.233 e. The molecule has 0 aliphatic carbocycles. The number of benzene rings is 1. The fourth-order valence-electron chi connectivity index (χ4n) is 1.65. The molecule has 0 aromatic heterocycles. The zero-order valence-corrected chi connectivity index (χ0v) is 13.1. The predicted molar refractivity (Wildman–Crippen MR) is 80.8 cm³/mol. The summed E-state index contributed by atoms with van der Waals surface area (Å²) in [6.07, 6.45) is 0. The lowest BCUT2D eigenvalue weighted by atomic mass is 10.0. The van der Waals surface area contributed by atoms with E-state index in [4.69, 9.17) is 22.5 Å². The van der Waals surface area contributed by atoms with Gasteiger partial charge >= 0.3 is 0 Å². The molecule has 0 aliphatic rings. The van der Waals surface area contributed by atoms with E-state index in [9.17, 15) is 8.42 Å². The van der Waals surface area contributed by atoms with Crippen molar-refractivity contribution in [2.75, 3.05) is 10.5 Å². The Morgan fingerprint density at radius 2 is 2.05 bits per heavy atom. The Balaban J connectivity index is 3.18. The van der Waals surface area contributed by atoms with E-state index < -0.39 is 15.4 Å². The summed E-state index contributed by atoms with van der Waals surface area (Å²) in [5.74, 6) is -0.266. The average molecular weight is 320 g/mol. The summed E-state index contributed by atoms with van der Waals surface area (Å²) in [6.45, 7) is 5.44. The van der Waals surface area contributed by atoms with Crippen molar-refractivity contribution in [3.05, 3.63) is 28.8 Å². The summed E-state index contributed by atoms with van der Waals surface area (Å²) in [7, 11) is -3.57. The van der Waals surface area contributed by atoms with Gasteiger partial charge in [0.25, 0.3) is 0 Å². The SMILES string of the molecule is CC(C)(C)CS(=O)(=O)Nc1cc(Cl)ccc1C(N)=NO. The first kappa shape index (κ1) is 16.6. The van der Waals surface area contributed by atoms with E-state index >= 15 is 0 Å². The van der Waals surface area contributed by atoms with Crippen LogP contribution in [0.3, 0.4) is 0 Å². The molecule has 1 aromatic rings. The molecule has 1 aromatic carbocycles. The second-order valence-electron chi connectivity index (χ2n) is 5.60. The third-order valence-corrected chi connectivity index (χ3v) is 4.27. The van der Waals surface area contributed by atoms with Gasteiger partial charge in [0.15, 0.2) is 5.84 Å². The molecular weight excluding hydrogens is 302 g/mol. The summed E-state index contributed by atoms with van der Waals surface area (Å²) in [5.41, 5.74) is 5.55.